The van der Waals surface area contributed by atoms with E-state index in [1.165, 1.54) is 32.0 Å². The van der Waals surface area contributed by atoms with Gasteiger partial charge in [-0.15, -0.1) is 0 Å². The lowest BCUT2D eigenvalue weighted by Crippen LogP contribution is -2.56. The van der Waals surface area contributed by atoms with Gasteiger partial charge in [-0.1, -0.05) is 20.8 Å². The fourth-order valence-electron chi connectivity index (χ4n) is 7.18. The Morgan fingerprint density at radius 2 is 1.75 bits per heavy atom. The summed E-state index contributed by atoms with van der Waals surface area (Å²) in [6, 6.07) is 7.02. The van der Waals surface area contributed by atoms with Crippen molar-refractivity contribution in [3.05, 3.63) is 71.2 Å². The lowest BCUT2D eigenvalue weighted by Gasteiger charge is -2.35. The summed E-state index contributed by atoms with van der Waals surface area (Å²) in [6.07, 6.45) is -0.459. The zero-order valence-electron chi connectivity index (χ0n) is 34.0. The fraction of sp³-hybridized carbons (Fsp3) is 0.476. The Hall–Kier alpha value is -5.28. The van der Waals surface area contributed by atoms with Crippen molar-refractivity contribution in [1.29, 1.82) is 5.26 Å². The minimum absolute atomic E-state index is 0.0502. The number of unbranched alkanes of at least 4 members (excludes halogenated alkanes) is 2. The van der Waals surface area contributed by atoms with Crippen LogP contribution in [0.3, 0.4) is 0 Å². The highest BCUT2D eigenvalue weighted by Crippen LogP contribution is 2.42. The van der Waals surface area contributed by atoms with Gasteiger partial charge in [-0.25, -0.2) is 13.2 Å². The van der Waals surface area contributed by atoms with Crippen molar-refractivity contribution >= 4 is 46.4 Å². The highest BCUT2D eigenvalue weighted by molar-refractivity contribution is 7.81. The molecular weight excluding hydrogens is 815 g/mol. The van der Waals surface area contributed by atoms with Gasteiger partial charge in [0.25, 0.3) is 5.91 Å². The normalized spacial score (nSPS) is 17.2. The summed E-state index contributed by atoms with van der Waals surface area (Å²) >= 11 is 5.41. The molecule has 1 aromatic heterocycles. The van der Waals surface area contributed by atoms with E-state index in [-0.39, 0.29) is 53.8 Å². The lowest BCUT2D eigenvalue weighted by atomic mass is 9.85. The molecule has 2 aliphatic rings. The number of pyridine rings is 1. The summed E-state index contributed by atoms with van der Waals surface area (Å²) in [6.45, 7) is 11.4. The molecule has 0 bridgehead atoms. The van der Waals surface area contributed by atoms with Gasteiger partial charge in [-0.3, -0.25) is 24.3 Å². The summed E-state index contributed by atoms with van der Waals surface area (Å²) in [4.78, 5) is 46.9. The third-order valence-corrected chi connectivity index (χ3v) is 10.8. The number of thiocarbonyl (C=S) groups is 1. The number of aromatic nitrogens is 1. The molecule has 3 heterocycles. The first-order valence-electron chi connectivity index (χ1n) is 19.3. The van der Waals surface area contributed by atoms with Gasteiger partial charge in [0.05, 0.1) is 35.8 Å². The molecule has 2 saturated heterocycles. The highest BCUT2D eigenvalue weighted by Gasteiger charge is 2.52. The number of amides is 3. The average Bonchev–Trinajstić information content (AvgIpc) is 3.67. The molecule has 0 saturated carbocycles. The summed E-state index contributed by atoms with van der Waals surface area (Å²) in [5, 5.41) is 11.5. The van der Waals surface area contributed by atoms with E-state index in [1.54, 1.807) is 0 Å². The van der Waals surface area contributed by atoms with Crippen LogP contribution >= 0.6 is 12.2 Å². The number of rotatable bonds is 14. The number of benzene rings is 2. The maximum atomic E-state index is 15.6. The number of nitrogens with one attached hydrogen (secondary N) is 1. The Bertz CT molecular complexity index is 2190. The monoisotopic (exact) mass is 860 g/mol. The van der Waals surface area contributed by atoms with Crippen LogP contribution in [-0.4, -0.2) is 76.7 Å². The van der Waals surface area contributed by atoms with Crippen molar-refractivity contribution in [3.8, 4) is 23.1 Å². The number of alkyl halides is 3. The SMILES string of the molecule is CC1CCCN1C(=O)[C@@H](NC(=O)COCCCCCOc1ccc(-c2ncc(N3C(=S)N(c4ccc(C#N)c(C(F)(F)F)c4F)C(=O)C3(C)C)cc2F)cc1F)C(C)(C)C. The molecule has 11 nitrogen and oxygen atoms in total. The maximum absolute atomic E-state index is 15.6. The number of halogens is 6. The third kappa shape index (κ3) is 9.68. The van der Waals surface area contributed by atoms with Crippen molar-refractivity contribution in [2.45, 2.75) is 97.4 Å². The van der Waals surface area contributed by atoms with Gasteiger partial charge in [-0.05, 0) is 101 Å². The van der Waals surface area contributed by atoms with Crippen LogP contribution in [0.1, 0.15) is 84.8 Å². The number of ether oxygens (including phenoxy) is 2. The van der Waals surface area contributed by atoms with E-state index >= 15 is 13.2 Å². The van der Waals surface area contributed by atoms with E-state index in [0.717, 1.165) is 48.2 Å². The number of carbonyl (C=O) groups is 3. The molecule has 5 rings (SSSR count). The number of nitrogens with zero attached hydrogens (tertiary/aromatic N) is 5. The summed E-state index contributed by atoms with van der Waals surface area (Å²) in [5.74, 6) is -5.09. The number of nitriles is 1. The molecule has 322 valence electrons. The Kier molecular flexibility index (Phi) is 13.8. The number of hydrogen-bond acceptors (Lipinski definition) is 8. The van der Waals surface area contributed by atoms with Gasteiger partial charge < -0.3 is 24.6 Å². The number of hydrogen-bond donors (Lipinski definition) is 1. The van der Waals surface area contributed by atoms with Crippen molar-refractivity contribution < 1.29 is 50.2 Å². The van der Waals surface area contributed by atoms with Gasteiger partial charge in [0, 0.05) is 30.8 Å². The largest absolute Gasteiger partial charge is 0.491 e. The highest BCUT2D eigenvalue weighted by atomic mass is 32.1. The molecule has 60 heavy (non-hydrogen) atoms. The summed E-state index contributed by atoms with van der Waals surface area (Å²) < 4.78 is 98.4. The molecule has 2 aliphatic heterocycles. The molecule has 0 aliphatic carbocycles. The van der Waals surface area contributed by atoms with Gasteiger partial charge in [-0.2, -0.15) is 18.4 Å². The average molecular weight is 861 g/mol. The first kappa shape index (κ1) is 45.8. The molecule has 3 aromatic rings. The van der Waals surface area contributed by atoms with E-state index in [0.29, 0.717) is 37.3 Å². The van der Waals surface area contributed by atoms with Crippen LogP contribution in [0.5, 0.6) is 5.75 Å². The van der Waals surface area contributed by atoms with Crippen LogP contribution in [0.4, 0.5) is 37.7 Å². The van der Waals surface area contributed by atoms with Crippen LogP contribution < -0.4 is 19.9 Å². The zero-order chi connectivity index (χ0) is 44.3. The Balaban J connectivity index is 1.13. The predicted octanol–water partition coefficient (Wildman–Crippen LogP) is 8.08. The van der Waals surface area contributed by atoms with E-state index < -0.39 is 68.5 Å². The fourth-order valence-corrected chi connectivity index (χ4v) is 7.70. The minimum atomic E-state index is -5.26. The van der Waals surface area contributed by atoms with Crippen LogP contribution in [0.15, 0.2) is 42.6 Å². The smallest absolute Gasteiger partial charge is 0.420 e. The van der Waals surface area contributed by atoms with Gasteiger partial charge >= 0.3 is 6.18 Å². The molecule has 0 radical (unpaired) electrons. The van der Waals surface area contributed by atoms with Crippen LogP contribution in [0.2, 0.25) is 0 Å². The molecule has 18 heteroatoms. The molecule has 2 aromatic carbocycles. The Morgan fingerprint density at radius 1 is 1.05 bits per heavy atom. The van der Waals surface area contributed by atoms with Crippen LogP contribution in [0, 0.1) is 34.2 Å². The number of anilines is 2. The second-order valence-electron chi connectivity index (χ2n) is 16.3. The van der Waals surface area contributed by atoms with Crippen molar-refractivity contribution in [2.75, 3.05) is 36.2 Å². The first-order valence-corrected chi connectivity index (χ1v) is 19.7. The van der Waals surface area contributed by atoms with Crippen LogP contribution in [0.25, 0.3) is 11.3 Å². The molecule has 2 atom stereocenters. The van der Waals surface area contributed by atoms with Crippen molar-refractivity contribution in [1.82, 2.24) is 15.2 Å². The van der Waals surface area contributed by atoms with Crippen LogP contribution in [-0.2, 0) is 25.3 Å². The van der Waals surface area contributed by atoms with Gasteiger partial charge in [0.1, 0.15) is 29.4 Å². The lowest BCUT2D eigenvalue weighted by molar-refractivity contribution is -0.141. The summed E-state index contributed by atoms with van der Waals surface area (Å²) in [7, 11) is 0. The minimum Gasteiger partial charge on any atom is -0.491 e. The molecule has 0 spiro atoms. The van der Waals surface area contributed by atoms with Gasteiger partial charge in [0.15, 0.2) is 28.3 Å². The first-order chi connectivity index (χ1) is 28.1. The molecule has 1 N–H and O–H groups in total. The topological polar surface area (TPSA) is 128 Å². The van der Waals surface area contributed by atoms with Gasteiger partial charge in [0.2, 0.25) is 11.8 Å². The Morgan fingerprint density at radius 3 is 2.35 bits per heavy atom. The Labute approximate surface area is 349 Å². The van der Waals surface area contributed by atoms with E-state index in [9.17, 15) is 27.6 Å². The molecule has 1 unspecified atom stereocenters. The van der Waals surface area contributed by atoms with Crippen molar-refractivity contribution in [3.63, 3.8) is 0 Å². The quantitative estimate of drug-likeness (QED) is 0.0973. The molecular formula is C42H46F6N6O5S. The van der Waals surface area contributed by atoms with E-state index in [1.807, 2.05) is 32.6 Å². The second-order valence-corrected chi connectivity index (χ2v) is 16.6. The second kappa shape index (κ2) is 18.1. The molecule has 3 amide bonds. The van der Waals surface area contributed by atoms with E-state index in [4.69, 9.17) is 27.0 Å². The number of carbonyl (C=O) groups excluding carboxylic acids is 3. The third-order valence-electron chi connectivity index (χ3n) is 10.4. The summed E-state index contributed by atoms with van der Waals surface area (Å²) in [5.41, 5.74) is -6.12. The number of likely N-dealkylation sites (tertiary alicyclic amines) is 1. The predicted molar refractivity (Wildman–Crippen MR) is 214 cm³/mol. The maximum Gasteiger partial charge on any atom is 0.420 e. The molecule has 2 fully saturated rings. The standard InChI is InChI=1S/C42H46F6N6O5S/c1-24-11-10-16-52(24)37(56)36(40(2,3)4)51-32(55)23-58-17-8-7-9-18-59-31-15-13-25(19-28(31)43)35-29(44)20-27(22-50-35)54-39(60)53(38(57)41(54,5)6)30-14-12-26(21-49)33(34(30)45)42(46,47)48/h12-15,19-20,22,24,36H,7-11,16-18,23H2,1-6H3,(H,51,55)/t24?,36-/m1/s1. The van der Waals surface area contributed by atoms with Crippen molar-refractivity contribution in [2.24, 2.45) is 5.41 Å². The zero-order valence-corrected chi connectivity index (χ0v) is 34.8. The van der Waals surface area contributed by atoms with E-state index in [2.05, 4.69) is 10.3 Å².